The van der Waals surface area contributed by atoms with Gasteiger partial charge in [0.15, 0.2) is 0 Å². The number of nitrogens with zero attached hydrogens (tertiary/aromatic N) is 2. The van der Waals surface area contributed by atoms with Crippen LogP contribution in [0.1, 0.15) is 24.5 Å². The van der Waals surface area contributed by atoms with Gasteiger partial charge in [-0.05, 0) is 59.4 Å². The van der Waals surface area contributed by atoms with Crippen LogP contribution < -0.4 is 0 Å². The van der Waals surface area contributed by atoms with E-state index in [1.54, 1.807) is 0 Å². The molecule has 0 N–H and O–H groups in total. The fourth-order valence-corrected chi connectivity index (χ4v) is 7.78. The molecule has 2 nitrogen and oxygen atoms in total. The molecule has 0 radical (unpaired) electrons. The van der Waals surface area contributed by atoms with Gasteiger partial charge in [0, 0.05) is 42.8 Å². The Labute approximate surface area is 285 Å². The fraction of sp³-hybridized carbons (Fsp3) is 0.0667. The number of benzene rings is 5. The predicted molar refractivity (Wildman–Crippen MR) is 208 cm³/mol. The average Bonchev–Trinajstić information content (AvgIpc) is 3.55. The molecule has 0 saturated heterocycles. The van der Waals surface area contributed by atoms with Gasteiger partial charge in [-0.3, -0.25) is 4.99 Å². The molecule has 2 heterocycles. The van der Waals surface area contributed by atoms with Crippen LogP contribution in [0.2, 0.25) is 0 Å². The number of para-hydroxylation sites is 1. The van der Waals surface area contributed by atoms with Crippen molar-refractivity contribution in [3.05, 3.63) is 175 Å². The van der Waals surface area contributed by atoms with Crippen molar-refractivity contribution in [3.63, 3.8) is 0 Å². The molecule has 2 aromatic heterocycles. The van der Waals surface area contributed by atoms with E-state index in [0.29, 0.717) is 0 Å². The van der Waals surface area contributed by atoms with Crippen LogP contribution in [-0.4, -0.2) is 10.7 Å². The summed E-state index contributed by atoms with van der Waals surface area (Å²) in [6.45, 7) is 6.54. The lowest BCUT2D eigenvalue weighted by atomic mass is 9.92. The van der Waals surface area contributed by atoms with Crippen molar-refractivity contribution in [2.75, 3.05) is 0 Å². The molecule has 0 saturated carbocycles. The predicted octanol–water partition coefficient (Wildman–Crippen LogP) is 12.6. The lowest BCUT2D eigenvalue weighted by Gasteiger charge is -2.16. The van der Waals surface area contributed by atoms with Crippen molar-refractivity contribution < 1.29 is 0 Å². The highest BCUT2D eigenvalue weighted by atomic mass is 32.1. The topological polar surface area (TPSA) is 25.2 Å². The Kier molecular flexibility index (Phi) is 7.97. The third kappa shape index (κ3) is 5.74. The molecule has 5 aromatic carbocycles. The summed E-state index contributed by atoms with van der Waals surface area (Å²) >= 11 is 1.85. The zero-order valence-electron chi connectivity index (χ0n) is 26.8. The minimum atomic E-state index is 0.216. The summed E-state index contributed by atoms with van der Waals surface area (Å²) in [6, 6.07) is 45.0. The number of hydrogen-bond acceptors (Lipinski definition) is 3. The van der Waals surface area contributed by atoms with E-state index in [1.807, 2.05) is 17.4 Å². The molecule has 1 atom stereocenters. The van der Waals surface area contributed by atoms with Gasteiger partial charge in [0.05, 0.1) is 16.9 Å². The zero-order chi connectivity index (χ0) is 32.5. The second kappa shape index (κ2) is 12.9. The quantitative estimate of drug-likeness (QED) is 0.160. The molecule has 0 bridgehead atoms. The highest BCUT2D eigenvalue weighted by Gasteiger charge is 2.17. The Balaban J connectivity index is 1.09. The van der Waals surface area contributed by atoms with E-state index >= 15 is 0 Å². The number of thiophene rings is 1. The summed E-state index contributed by atoms with van der Waals surface area (Å²) in [4.78, 5) is 10.3. The molecule has 1 aliphatic carbocycles. The number of aromatic nitrogens is 1. The van der Waals surface area contributed by atoms with Crippen LogP contribution in [0, 0.1) is 5.92 Å². The number of hydrogen-bond donors (Lipinski definition) is 0. The Morgan fingerprint density at radius 1 is 0.729 bits per heavy atom. The molecule has 0 amide bonds. The number of aliphatic imine (C=N–C) groups is 1. The standard InChI is InChI=1S/C45H34N2S/c1-30(32-13-5-3-6-14-32)29-41(36-15-7-4-8-16-36)46-31(2)33-21-23-34(24-22-33)35-25-27-37(28-26-35)44-43-39-18-10-12-20-42(39)48-45(43)38-17-9-11-19-40(38)47-44/h3-15,17-29,36H,2,16H2,1H3/b30-29+,46-41+. The van der Waals surface area contributed by atoms with Crippen LogP contribution in [0.5, 0.6) is 0 Å². The van der Waals surface area contributed by atoms with Crippen LogP contribution >= 0.6 is 11.3 Å². The van der Waals surface area contributed by atoms with E-state index < -0.39 is 0 Å². The summed E-state index contributed by atoms with van der Waals surface area (Å²) < 4.78 is 2.58. The Morgan fingerprint density at radius 3 is 2.15 bits per heavy atom. The maximum Gasteiger partial charge on any atom is 0.0802 e. The Morgan fingerprint density at radius 2 is 1.40 bits per heavy atom. The fourth-order valence-electron chi connectivity index (χ4n) is 6.54. The second-order valence-corrected chi connectivity index (χ2v) is 13.3. The molecular weight excluding hydrogens is 601 g/mol. The summed E-state index contributed by atoms with van der Waals surface area (Å²) in [5.41, 5.74) is 10.7. The SMILES string of the molecule is C=C(/N=C(\C=C(/C)c1ccccc1)C1C=CC=CC1)c1ccc(-c2ccc(-c3nc4ccccc4c4sc5ccccc5c34)cc2)cc1. The molecule has 8 rings (SSSR count). The van der Waals surface area contributed by atoms with Crippen molar-refractivity contribution in [2.45, 2.75) is 13.3 Å². The summed E-state index contributed by atoms with van der Waals surface area (Å²) in [5, 5.41) is 3.71. The van der Waals surface area contributed by atoms with Crippen LogP contribution in [0.3, 0.4) is 0 Å². The van der Waals surface area contributed by atoms with Crippen molar-refractivity contribution in [1.29, 1.82) is 0 Å². The molecule has 48 heavy (non-hydrogen) atoms. The summed E-state index contributed by atoms with van der Waals surface area (Å²) in [5.74, 6) is 0.216. The first-order valence-corrected chi connectivity index (χ1v) is 17.2. The minimum absolute atomic E-state index is 0.216. The van der Waals surface area contributed by atoms with Gasteiger partial charge in [0.1, 0.15) is 0 Å². The molecule has 1 unspecified atom stereocenters. The molecule has 3 heteroatoms. The third-order valence-corrected chi connectivity index (χ3v) is 10.3. The monoisotopic (exact) mass is 634 g/mol. The Hall–Kier alpha value is -5.64. The van der Waals surface area contributed by atoms with E-state index in [2.05, 4.69) is 165 Å². The van der Waals surface area contributed by atoms with E-state index in [4.69, 9.17) is 9.98 Å². The number of fused-ring (bicyclic) bond motifs is 5. The average molecular weight is 635 g/mol. The van der Waals surface area contributed by atoms with Gasteiger partial charge in [-0.1, -0.05) is 146 Å². The largest absolute Gasteiger partial charge is 0.253 e. The van der Waals surface area contributed by atoms with Gasteiger partial charge >= 0.3 is 0 Å². The van der Waals surface area contributed by atoms with Gasteiger partial charge in [-0.25, -0.2) is 4.98 Å². The van der Waals surface area contributed by atoms with Gasteiger partial charge in [0.2, 0.25) is 0 Å². The molecular formula is C45H34N2S. The molecule has 0 spiro atoms. The molecule has 230 valence electrons. The maximum absolute atomic E-state index is 5.19. The lowest BCUT2D eigenvalue weighted by Crippen LogP contribution is -2.11. The maximum atomic E-state index is 5.19. The second-order valence-electron chi connectivity index (χ2n) is 12.3. The first kappa shape index (κ1) is 29.7. The van der Waals surface area contributed by atoms with Crippen molar-refractivity contribution in [1.82, 2.24) is 4.98 Å². The highest BCUT2D eigenvalue weighted by molar-refractivity contribution is 7.26. The van der Waals surface area contributed by atoms with Crippen molar-refractivity contribution in [2.24, 2.45) is 10.9 Å². The normalized spacial score (nSPS) is 15.1. The van der Waals surface area contributed by atoms with E-state index in [1.165, 1.54) is 36.7 Å². The highest BCUT2D eigenvalue weighted by Crippen LogP contribution is 2.42. The molecule has 1 aliphatic rings. The lowest BCUT2D eigenvalue weighted by molar-refractivity contribution is 0.873. The van der Waals surface area contributed by atoms with E-state index in [0.717, 1.165) is 51.3 Å². The first-order valence-electron chi connectivity index (χ1n) is 16.4. The Bertz CT molecular complexity index is 2420. The van der Waals surface area contributed by atoms with Crippen LogP contribution in [0.25, 0.3) is 64.7 Å². The zero-order valence-corrected chi connectivity index (χ0v) is 27.6. The number of pyridine rings is 1. The van der Waals surface area contributed by atoms with Crippen LogP contribution in [0.15, 0.2) is 169 Å². The first-order chi connectivity index (χ1) is 23.6. The van der Waals surface area contributed by atoms with Crippen LogP contribution in [-0.2, 0) is 0 Å². The van der Waals surface area contributed by atoms with Crippen molar-refractivity contribution in [3.8, 4) is 22.4 Å². The molecule has 0 aliphatic heterocycles. The van der Waals surface area contributed by atoms with E-state index in [9.17, 15) is 0 Å². The van der Waals surface area contributed by atoms with E-state index in [-0.39, 0.29) is 5.92 Å². The minimum Gasteiger partial charge on any atom is -0.253 e. The number of rotatable bonds is 7. The smallest absolute Gasteiger partial charge is 0.0802 e. The van der Waals surface area contributed by atoms with Crippen molar-refractivity contribution >= 4 is 59.4 Å². The third-order valence-electron chi connectivity index (χ3n) is 9.14. The van der Waals surface area contributed by atoms with Gasteiger partial charge in [-0.15, -0.1) is 11.3 Å². The van der Waals surface area contributed by atoms with Gasteiger partial charge in [0.25, 0.3) is 0 Å². The van der Waals surface area contributed by atoms with Gasteiger partial charge < -0.3 is 0 Å². The summed E-state index contributed by atoms with van der Waals surface area (Å²) in [6.07, 6.45) is 11.8. The number of allylic oxidation sites excluding steroid dienone is 6. The van der Waals surface area contributed by atoms with Gasteiger partial charge in [-0.2, -0.15) is 0 Å². The molecule has 7 aromatic rings. The molecule has 0 fully saturated rings. The van der Waals surface area contributed by atoms with Crippen LogP contribution in [0.4, 0.5) is 0 Å². The summed E-state index contributed by atoms with van der Waals surface area (Å²) in [7, 11) is 0.